The van der Waals surface area contributed by atoms with Gasteiger partial charge in [0.2, 0.25) is 0 Å². The molecule has 2 rings (SSSR count). The monoisotopic (exact) mass is 273 g/mol. The SMILES string of the molecule is CC[C@H](O)c1ccccc1N(C)Cc1ccccc1F. The van der Waals surface area contributed by atoms with Crippen LogP contribution in [0.25, 0.3) is 0 Å². The molecule has 0 heterocycles. The molecule has 0 bridgehead atoms. The Morgan fingerprint density at radius 1 is 1.10 bits per heavy atom. The highest BCUT2D eigenvalue weighted by atomic mass is 19.1. The van der Waals surface area contributed by atoms with Crippen LogP contribution in [0.3, 0.4) is 0 Å². The molecule has 0 radical (unpaired) electrons. The van der Waals surface area contributed by atoms with Crippen LogP contribution in [0.2, 0.25) is 0 Å². The van der Waals surface area contributed by atoms with Gasteiger partial charge in [-0.3, -0.25) is 0 Å². The van der Waals surface area contributed by atoms with E-state index in [-0.39, 0.29) is 5.82 Å². The summed E-state index contributed by atoms with van der Waals surface area (Å²) in [6.07, 6.45) is 0.166. The lowest BCUT2D eigenvalue weighted by atomic mass is 10.0. The van der Waals surface area contributed by atoms with Crippen molar-refractivity contribution in [1.82, 2.24) is 0 Å². The third-order valence-electron chi connectivity index (χ3n) is 3.46. The van der Waals surface area contributed by atoms with Crippen LogP contribution >= 0.6 is 0 Å². The van der Waals surface area contributed by atoms with Gasteiger partial charge in [-0.2, -0.15) is 0 Å². The number of rotatable bonds is 5. The number of hydrogen-bond acceptors (Lipinski definition) is 2. The number of anilines is 1. The van der Waals surface area contributed by atoms with Crippen molar-refractivity contribution in [3.63, 3.8) is 0 Å². The summed E-state index contributed by atoms with van der Waals surface area (Å²) >= 11 is 0. The average molecular weight is 273 g/mol. The molecule has 20 heavy (non-hydrogen) atoms. The lowest BCUT2D eigenvalue weighted by Gasteiger charge is -2.24. The van der Waals surface area contributed by atoms with Gasteiger partial charge < -0.3 is 10.0 Å². The van der Waals surface area contributed by atoms with Crippen LogP contribution in [0.4, 0.5) is 10.1 Å². The normalized spacial score (nSPS) is 12.2. The molecule has 0 saturated heterocycles. The van der Waals surface area contributed by atoms with Crippen LogP contribution in [0.5, 0.6) is 0 Å². The Morgan fingerprint density at radius 2 is 1.75 bits per heavy atom. The second kappa shape index (κ2) is 6.53. The number of aliphatic hydroxyl groups is 1. The quantitative estimate of drug-likeness (QED) is 0.893. The minimum atomic E-state index is -0.491. The van der Waals surface area contributed by atoms with E-state index in [0.717, 1.165) is 11.3 Å². The van der Waals surface area contributed by atoms with Crippen LogP contribution < -0.4 is 4.90 Å². The van der Waals surface area contributed by atoms with Gasteiger partial charge >= 0.3 is 0 Å². The van der Waals surface area contributed by atoms with Crippen molar-refractivity contribution in [1.29, 1.82) is 0 Å². The minimum absolute atomic E-state index is 0.201. The van der Waals surface area contributed by atoms with Gasteiger partial charge in [0, 0.05) is 30.4 Å². The first kappa shape index (κ1) is 14.5. The highest BCUT2D eigenvalue weighted by molar-refractivity contribution is 5.54. The summed E-state index contributed by atoms with van der Waals surface area (Å²) in [4.78, 5) is 1.96. The van der Waals surface area contributed by atoms with E-state index in [9.17, 15) is 9.50 Å². The Morgan fingerprint density at radius 3 is 2.45 bits per heavy atom. The number of benzene rings is 2. The summed E-state index contributed by atoms with van der Waals surface area (Å²) in [7, 11) is 1.91. The topological polar surface area (TPSA) is 23.5 Å². The zero-order chi connectivity index (χ0) is 14.5. The maximum Gasteiger partial charge on any atom is 0.128 e. The third kappa shape index (κ3) is 3.17. The second-order valence-electron chi connectivity index (χ2n) is 4.93. The Balaban J connectivity index is 2.26. The summed E-state index contributed by atoms with van der Waals surface area (Å²) in [5, 5.41) is 10.1. The van der Waals surface area contributed by atoms with Gasteiger partial charge in [-0.1, -0.05) is 43.3 Å². The lowest BCUT2D eigenvalue weighted by Crippen LogP contribution is -2.19. The van der Waals surface area contributed by atoms with E-state index in [0.29, 0.717) is 18.5 Å². The summed E-state index contributed by atoms with van der Waals surface area (Å²) in [6, 6.07) is 14.5. The molecule has 0 saturated carbocycles. The molecule has 0 fully saturated rings. The van der Waals surface area contributed by atoms with Crippen molar-refractivity contribution in [2.24, 2.45) is 0 Å². The molecule has 2 aromatic carbocycles. The van der Waals surface area contributed by atoms with Gasteiger partial charge in [-0.25, -0.2) is 4.39 Å². The highest BCUT2D eigenvalue weighted by Gasteiger charge is 2.14. The average Bonchev–Trinajstić information content (AvgIpc) is 2.48. The maximum absolute atomic E-state index is 13.7. The Hall–Kier alpha value is -1.87. The summed E-state index contributed by atoms with van der Waals surface area (Å²) in [5.41, 5.74) is 2.47. The van der Waals surface area contributed by atoms with Crippen molar-refractivity contribution in [2.45, 2.75) is 26.0 Å². The van der Waals surface area contributed by atoms with Crippen molar-refractivity contribution >= 4 is 5.69 Å². The summed E-state index contributed by atoms with van der Waals surface area (Å²) in [5.74, 6) is -0.201. The van der Waals surface area contributed by atoms with Crippen LogP contribution in [0, 0.1) is 5.82 Å². The molecule has 0 spiro atoms. The molecule has 0 unspecified atom stereocenters. The highest BCUT2D eigenvalue weighted by Crippen LogP contribution is 2.28. The molecule has 3 heteroatoms. The van der Waals surface area contributed by atoms with Gasteiger partial charge in [-0.15, -0.1) is 0 Å². The Labute approximate surface area is 119 Å². The molecule has 1 atom stereocenters. The van der Waals surface area contributed by atoms with Crippen molar-refractivity contribution < 1.29 is 9.50 Å². The minimum Gasteiger partial charge on any atom is -0.388 e. The molecule has 2 nitrogen and oxygen atoms in total. The van der Waals surface area contributed by atoms with Gasteiger partial charge in [0.1, 0.15) is 5.82 Å². The van der Waals surface area contributed by atoms with Crippen molar-refractivity contribution in [3.8, 4) is 0 Å². The molecule has 1 N–H and O–H groups in total. The standard InChI is InChI=1S/C17H20FNO/c1-3-17(20)14-9-5-7-11-16(14)19(2)12-13-8-4-6-10-15(13)18/h4-11,17,20H,3,12H2,1-2H3/t17-/m0/s1. The van der Waals surface area contributed by atoms with E-state index in [2.05, 4.69) is 0 Å². The molecule has 2 aromatic rings. The number of halogens is 1. The van der Waals surface area contributed by atoms with Crippen molar-refractivity contribution in [3.05, 3.63) is 65.5 Å². The largest absolute Gasteiger partial charge is 0.388 e. The summed E-state index contributed by atoms with van der Waals surface area (Å²) in [6.45, 7) is 2.42. The predicted octanol–water partition coefficient (Wildman–Crippen LogP) is 3.91. The predicted molar refractivity (Wildman–Crippen MR) is 80.2 cm³/mol. The number of nitrogens with zero attached hydrogens (tertiary/aromatic N) is 1. The Bertz CT molecular complexity index is 570. The van der Waals surface area contributed by atoms with E-state index in [1.165, 1.54) is 6.07 Å². The number of para-hydroxylation sites is 1. The van der Waals surface area contributed by atoms with Crippen LogP contribution in [0.1, 0.15) is 30.6 Å². The molecule has 0 aliphatic carbocycles. The number of aliphatic hydroxyl groups excluding tert-OH is 1. The maximum atomic E-state index is 13.7. The zero-order valence-corrected chi connectivity index (χ0v) is 11.9. The summed E-state index contributed by atoms with van der Waals surface area (Å²) < 4.78 is 13.7. The first-order chi connectivity index (χ1) is 9.63. The van der Waals surface area contributed by atoms with Gasteiger partial charge in [-0.05, 0) is 18.6 Å². The molecule has 0 aromatic heterocycles. The zero-order valence-electron chi connectivity index (χ0n) is 11.9. The first-order valence-corrected chi connectivity index (χ1v) is 6.85. The van der Waals surface area contributed by atoms with Crippen molar-refractivity contribution in [2.75, 3.05) is 11.9 Å². The van der Waals surface area contributed by atoms with E-state index in [4.69, 9.17) is 0 Å². The van der Waals surface area contributed by atoms with E-state index >= 15 is 0 Å². The Kier molecular flexibility index (Phi) is 4.74. The smallest absolute Gasteiger partial charge is 0.128 e. The van der Waals surface area contributed by atoms with E-state index < -0.39 is 6.10 Å². The van der Waals surface area contributed by atoms with E-state index in [1.54, 1.807) is 12.1 Å². The van der Waals surface area contributed by atoms with Crippen LogP contribution in [0.15, 0.2) is 48.5 Å². The lowest BCUT2D eigenvalue weighted by molar-refractivity contribution is 0.174. The van der Waals surface area contributed by atoms with Crippen LogP contribution in [-0.2, 0) is 6.54 Å². The third-order valence-corrected chi connectivity index (χ3v) is 3.46. The van der Waals surface area contributed by atoms with E-state index in [1.807, 2.05) is 49.2 Å². The molecular weight excluding hydrogens is 253 g/mol. The van der Waals surface area contributed by atoms with Crippen LogP contribution in [-0.4, -0.2) is 12.2 Å². The molecule has 0 amide bonds. The van der Waals surface area contributed by atoms with Gasteiger partial charge in [0.25, 0.3) is 0 Å². The number of hydrogen-bond donors (Lipinski definition) is 1. The van der Waals surface area contributed by atoms with Gasteiger partial charge in [0.15, 0.2) is 0 Å². The second-order valence-corrected chi connectivity index (χ2v) is 4.93. The fraction of sp³-hybridized carbons (Fsp3) is 0.294. The van der Waals surface area contributed by atoms with Gasteiger partial charge in [0.05, 0.1) is 6.10 Å². The molecule has 106 valence electrons. The molecular formula is C17H20FNO. The fourth-order valence-corrected chi connectivity index (χ4v) is 2.30. The first-order valence-electron chi connectivity index (χ1n) is 6.85. The fourth-order valence-electron chi connectivity index (χ4n) is 2.30. The molecule has 0 aliphatic rings. The molecule has 0 aliphatic heterocycles.